The standard InChI is InChI=1S/C22H28N6O2/c1-15-11-16(2)20-17(12-15)25-18(26-20)5-6-19(29)27(3)13-22(30)7-10-28(14-22)21-23-8-4-9-24-21/h4,8-9,11-12,30H,5-7,10,13-14H2,1-3H3,(H,25,26). The minimum atomic E-state index is -0.961. The van der Waals surface area contributed by atoms with E-state index in [1.54, 1.807) is 30.4 Å². The fourth-order valence-electron chi connectivity index (χ4n) is 4.20. The molecular formula is C22H28N6O2. The number of benzene rings is 1. The molecule has 1 aliphatic heterocycles. The van der Waals surface area contributed by atoms with Crippen LogP contribution < -0.4 is 4.90 Å². The van der Waals surface area contributed by atoms with E-state index in [9.17, 15) is 9.90 Å². The molecule has 2 aromatic heterocycles. The summed E-state index contributed by atoms with van der Waals surface area (Å²) in [6, 6.07) is 5.95. The second-order valence-corrected chi connectivity index (χ2v) is 8.36. The number of fused-ring (bicyclic) bond motifs is 1. The Morgan fingerprint density at radius 2 is 2.07 bits per heavy atom. The number of hydrogen-bond donors (Lipinski definition) is 2. The van der Waals surface area contributed by atoms with Gasteiger partial charge in [0.1, 0.15) is 11.4 Å². The van der Waals surface area contributed by atoms with E-state index in [-0.39, 0.29) is 12.5 Å². The number of carbonyl (C=O) groups is 1. The van der Waals surface area contributed by atoms with Crippen LogP contribution in [0.1, 0.15) is 29.8 Å². The van der Waals surface area contributed by atoms with Crippen molar-refractivity contribution in [2.45, 2.75) is 38.7 Å². The van der Waals surface area contributed by atoms with E-state index >= 15 is 0 Å². The van der Waals surface area contributed by atoms with Crippen molar-refractivity contribution in [3.8, 4) is 0 Å². The molecule has 1 aromatic carbocycles. The van der Waals surface area contributed by atoms with Gasteiger partial charge in [0.25, 0.3) is 0 Å². The zero-order valence-corrected chi connectivity index (χ0v) is 17.7. The van der Waals surface area contributed by atoms with Gasteiger partial charge in [-0.15, -0.1) is 0 Å². The molecule has 3 heterocycles. The highest BCUT2D eigenvalue weighted by Gasteiger charge is 2.38. The first-order valence-electron chi connectivity index (χ1n) is 10.3. The van der Waals surface area contributed by atoms with Crippen LogP contribution in [0.4, 0.5) is 5.95 Å². The van der Waals surface area contributed by atoms with E-state index in [2.05, 4.69) is 39.0 Å². The summed E-state index contributed by atoms with van der Waals surface area (Å²) in [7, 11) is 1.74. The van der Waals surface area contributed by atoms with Crippen LogP contribution in [-0.4, -0.2) is 68.1 Å². The minimum absolute atomic E-state index is 0.00815. The van der Waals surface area contributed by atoms with Crippen LogP contribution in [0, 0.1) is 13.8 Å². The number of β-amino-alcohol motifs (C(OH)–C–C–N with tert-alkyl or cyclic N) is 1. The number of imidazole rings is 1. The third kappa shape index (κ3) is 4.28. The first-order valence-corrected chi connectivity index (χ1v) is 10.3. The summed E-state index contributed by atoms with van der Waals surface area (Å²) in [5.74, 6) is 1.41. The van der Waals surface area contributed by atoms with Crippen molar-refractivity contribution in [2.24, 2.45) is 0 Å². The molecule has 8 heteroatoms. The van der Waals surface area contributed by atoms with Gasteiger partial charge in [-0.3, -0.25) is 4.79 Å². The summed E-state index contributed by atoms with van der Waals surface area (Å²) in [6.45, 7) is 5.47. The molecule has 158 valence electrons. The first kappa shape index (κ1) is 20.3. The summed E-state index contributed by atoms with van der Waals surface area (Å²) in [4.78, 5) is 32.7. The average Bonchev–Trinajstić information content (AvgIpc) is 3.30. The highest BCUT2D eigenvalue weighted by atomic mass is 16.3. The van der Waals surface area contributed by atoms with Gasteiger partial charge >= 0.3 is 0 Å². The number of rotatable bonds is 6. The Kier molecular flexibility index (Phi) is 5.42. The van der Waals surface area contributed by atoms with Crippen molar-refractivity contribution in [1.29, 1.82) is 0 Å². The minimum Gasteiger partial charge on any atom is -0.386 e. The number of carbonyl (C=O) groups excluding carboxylic acids is 1. The normalized spacial score (nSPS) is 18.9. The molecule has 2 N–H and O–H groups in total. The number of aryl methyl sites for hydroxylation is 3. The number of nitrogens with one attached hydrogen (secondary N) is 1. The summed E-state index contributed by atoms with van der Waals surface area (Å²) in [5.41, 5.74) is 3.32. The molecule has 8 nitrogen and oxygen atoms in total. The van der Waals surface area contributed by atoms with Crippen LogP contribution in [0.2, 0.25) is 0 Å². The van der Waals surface area contributed by atoms with E-state index in [4.69, 9.17) is 0 Å². The van der Waals surface area contributed by atoms with Gasteiger partial charge in [0.05, 0.1) is 24.1 Å². The molecule has 1 atom stereocenters. The number of amides is 1. The molecule has 1 amide bonds. The third-order valence-corrected chi connectivity index (χ3v) is 5.67. The van der Waals surface area contributed by atoms with Crippen molar-refractivity contribution in [3.63, 3.8) is 0 Å². The summed E-state index contributed by atoms with van der Waals surface area (Å²) in [5, 5.41) is 11.0. The number of H-pyrrole nitrogens is 1. The van der Waals surface area contributed by atoms with E-state index in [1.807, 2.05) is 11.8 Å². The zero-order chi connectivity index (χ0) is 21.3. The fourth-order valence-corrected chi connectivity index (χ4v) is 4.20. The highest BCUT2D eigenvalue weighted by molar-refractivity contribution is 5.80. The predicted molar refractivity (Wildman–Crippen MR) is 115 cm³/mol. The van der Waals surface area contributed by atoms with Crippen molar-refractivity contribution in [3.05, 3.63) is 47.5 Å². The van der Waals surface area contributed by atoms with Gasteiger partial charge in [-0.1, -0.05) is 6.07 Å². The molecule has 1 unspecified atom stereocenters. The Hall–Kier alpha value is -3.00. The number of anilines is 1. The van der Waals surface area contributed by atoms with Crippen LogP contribution in [0.25, 0.3) is 11.0 Å². The Morgan fingerprint density at radius 3 is 2.83 bits per heavy atom. The van der Waals surface area contributed by atoms with Crippen LogP contribution >= 0.6 is 0 Å². The molecule has 0 saturated carbocycles. The van der Waals surface area contributed by atoms with Gasteiger partial charge in [0, 0.05) is 38.8 Å². The molecule has 4 rings (SSSR count). The maximum absolute atomic E-state index is 12.7. The molecule has 0 radical (unpaired) electrons. The van der Waals surface area contributed by atoms with Gasteiger partial charge in [0.15, 0.2) is 0 Å². The van der Waals surface area contributed by atoms with E-state index < -0.39 is 5.60 Å². The van der Waals surface area contributed by atoms with Gasteiger partial charge in [-0.2, -0.15) is 0 Å². The van der Waals surface area contributed by atoms with Gasteiger partial charge in [-0.05, 0) is 43.5 Å². The maximum atomic E-state index is 12.7. The largest absolute Gasteiger partial charge is 0.386 e. The Balaban J connectivity index is 1.33. The average molecular weight is 409 g/mol. The Morgan fingerprint density at radius 1 is 1.30 bits per heavy atom. The smallest absolute Gasteiger partial charge is 0.225 e. The molecule has 30 heavy (non-hydrogen) atoms. The number of aromatic amines is 1. The predicted octanol–water partition coefficient (Wildman–Crippen LogP) is 2.00. The molecular weight excluding hydrogens is 380 g/mol. The van der Waals surface area contributed by atoms with Crippen molar-refractivity contribution < 1.29 is 9.90 Å². The molecule has 0 aliphatic carbocycles. The van der Waals surface area contributed by atoms with Gasteiger partial charge in [0.2, 0.25) is 11.9 Å². The Bertz CT molecular complexity index is 1050. The molecule has 1 saturated heterocycles. The summed E-state index contributed by atoms with van der Waals surface area (Å²) < 4.78 is 0. The lowest BCUT2D eigenvalue weighted by molar-refractivity contribution is -0.132. The number of likely N-dealkylation sites (N-methyl/N-ethyl adjacent to an activating group) is 1. The maximum Gasteiger partial charge on any atom is 0.225 e. The fraction of sp³-hybridized carbons (Fsp3) is 0.455. The second kappa shape index (κ2) is 8.02. The molecule has 1 aliphatic rings. The third-order valence-electron chi connectivity index (χ3n) is 5.67. The summed E-state index contributed by atoms with van der Waals surface area (Å²) >= 11 is 0. The molecule has 0 bridgehead atoms. The second-order valence-electron chi connectivity index (χ2n) is 8.36. The van der Waals surface area contributed by atoms with E-state index in [0.29, 0.717) is 38.3 Å². The number of aromatic nitrogens is 4. The van der Waals surface area contributed by atoms with Crippen molar-refractivity contribution in [1.82, 2.24) is 24.8 Å². The van der Waals surface area contributed by atoms with Crippen molar-refractivity contribution in [2.75, 3.05) is 31.6 Å². The monoisotopic (exact) mass is 408 g/mol. The summed E-state index contributed by atoms with van der Waals surface area (Å²) in [6.07, 6.45) is 4.84. The van der Waals surface area contributed by atoms with Gasteiger partial charge in [-0.25, -0.2) is 15.0 Å². The van der Waals surface area contributed by atoms with Crippen LogP contribution in [0.5, 0.6) is 0 Å². The molecule has 3 aromatic rings. The van der Waals surface area contributed by atoms with Gasteiger partial charge < -0.3 is 19.9 Å². The number of hydrogen-bond acceptors (Lipinski definition) is 6. The topological polar surface area (TPSA) is 98.2 Å². The van der Waals surface area contributed by atoms with Crippen LogP contribution in [0.15, 0.2) is 30.6 Å². The van der Waals surface area contributed by atoms with Crippen molar-refractivity contribution >= 4 is 22.9 Å². The molecule has 1 fully saturated rings. The lowest BCUT2D eigenvalue weighted by Gasteiger charge is -2.29. The van der Waals surface area contributed by atoms with E-state index in [0.717, 1.165) is 22.4 Å². The van der Waals surface area contributed by atoms with Crippen LogP contribution in [0.3, 0.4) is 0 Å². The Labute approximate surface area is 176 Å². The highest BCUT2D eigenvalue weighted by Crippen LogP contribution is 2.25. The SMILES string of the molecule is Cc1cc(C)c2nc(CCC(=O)N(C)CC3(O)CCN(c4ncccn4)C3)[nH]c2c1. The van der Waals surface area contributed by atoms with Crippen LogP contribution in [-0.2, 0) is 11.2 Å². The first-order chi connectivity index (χ1) is 14.3. The molecule has 0 spiro atoms. The zero-order valence-electron chi connectivity index (χ0n) is 17.7. The lowest BCUT2D eigenvalue weighted by Crippen LogP contribution is -2.46. The number of nitrogens with zero attached hydrogens (tertiary/aromatic N) is 5. The lowest BCUT2D eigenvalue weighted by atomic mass is 10.0. The van der Waals surface area contributed by atoms with E-state index in [1.165, 1.54) is 5.56 Å². The quantitative estimate of drug-likeness (QED) is 0.647. The number of aliphatic hydroxyl groups is 1.